The van der Waals surface area contributed by atoms with E-state index >= 15 is 4.79 Å². The smallest absolute Gasteiger partial charge is 0.239 e. The Labute approximate surface area is 408 Å². The van der Waals surface area contributed by atoms with Crippen LogP contribution < -0.4 is 9.47 Å². The number of carbonyl (C=O) groups excluding carboxylic acids is 1. The van der Waals surface area contributed by atoms with Crippen LogP contribution in [0.2, 0.25) is 0 Å². The van der Waals surface area contributed by atoms with Crippen molar-refractivity contribution in [2.24, 2.45) is 28.8 Å². The highest BCUT2D eigenvalue weighted by Gasteiger charge is 2.65. The first kappa shape index (κ1) is 50.1. The summed E-state index contributed by atoms with van der Waals surface area (Å²) in [4.78, 5) is 23.3. The molecule has 368 valence electrons. The van der Waals surface area contributed by atoms with Crippen LogP contribution in [0.3, 0.4) is 0 Å². The van der Waals surface area contributed by atoms with E-state index in [9.17, 15) is 15.3 Å². The second kappa shape index (κ2) is 25.0. The Bertz CT molecular complexity index is 2300. The number of nitrogens with zero attached hydrogens (tertiary/aromatic N) is 2. The predicted molar refractivity (Wildman–Crippen MR) is 269 cm³/mol. The fourth-order valence-electron chi connectivity index (χ4n) is 11.5. The van der Waals surface area contributed by atoms with E-state index in [2.05, 4.69) is 43.0 Å². The lowest BCUT2D eigenvalue weighted by Crippen LogP contribution is -2.70. The first-order valence-corrected chi connectivity index (χ1v) is 25.5. The van der Waals surface area contributed by atoms with Crippen molar-refractivity contribution in [3.63, 3.8) is 0 Å². The minimum absolute atomic E-state index is 0.00298. The van der Waals surface area contributed by atoms with Gasteiger partial charge in [-0.2, -0.15) is 0 Å². The number of carbonyl (C=O) groups is 1. The number of aliphatic hydroxyl groups is 3. The second-order valence-electron chi connectivity index (χ2n) is 19.1. The molecule has 2 fully saturated rings. The summed E-state index contributed by atoms with van der Waals surface area (Å²) in [5.74, 6) is 0.638. The fraction of sp³-hybridized carbons (Fsp3) is 0.483. The minimum atomic E-state index is -1.39. The quantitative estimate of drug-likeness (QED) is 0.0319. The number of oxime groups is 1. The standard InChI is InChI=1S/C58H72N2O9/c1-2-35-66-58-54(60(31-36-65-37-34-63)55(64)30-23-42-15-9-10-16-42)40-52(59-67-41-43-17-5-3-6-18-43)50-38-46(21-11-13-32-61)49(22-12-14-33-62)56(57(50)58)51-39-48(28-29-53(51)69-58)68-47-26-24-45(25-27-47)44-19-7-4-8-20-44/h2-8,17-20,24-29,38-39,42,46,49,54,56-57,61-63H,1,9-16,21-23,30-37,40-41H2/t46-,49+,54-,56+,57+,58+/m0/s1. The molecule has 4 aromatic rings. The first-order valence-electron chi connectivity index (χ1n) is 25.5. The lowest BCUT2D eigenvalue weighted by atomic mass is 9.55. The third kappa shape index (κ3) is 12.2. The Morgan fingerprint density at radius 3 is 2.25 bits per heavy atom. The number of hydrogen-bond acceptors (Lipinski definition) is 10. The van der Waals surface area contributed by atoms with Crippen LogP contribution in [0.4, 0.5) is 0 Å². The van der Waals surface area contributed by atoms with E-state index < -0.39 is 17.7 Å². The number of benzene rings is 4. The van der Waals surface area contributed by atoms with Crippen molar-refractivity contribution in [2.45, 2.75) is 108 Å². The van der Waals surface area contributed by atoms with Crippen LogP contribution in [-0.4, -0.2) is 89.9 Å². The highest BCUT2D eigenvalue weighted by Crippen LogP contribution is 2.62. The molecular weight excluding hydrogens is 869 g/mol. The Hall–Kier alpha value is -5.30. The maximum Gasteiger partial charge on any atom is 0.239 e. The van der Waals surface area contributed by atoms with E-state index in [1.807, 2.05) is 77.7 Å². The van der Waals surface area contributed by atoms with Crippen LogP contribution in [0.15, 0.2) is 133 Å². The Balaban J connectivity index is 1.27. The van der Waals surface area contributed by atoms with Crippen LogP contribution in [0.1, 0.15) is 101 Å². The number of ether oxygens (including phenoxy) is 4. The van der Waals surface area contributed by atoms with Gasteiger partial charge < -0.3 is 44.0 Å². The maximum atomic E-state index is 15.1. The molecule has 0 spiro atoms. The molecule has 11 nitrogen and oxygen atoms in total. The van der Waals surface area contributed by atoms with Gasteiger partial charge in [0.05, 0.1) is 38.1 Å². The molecule has 1 aliphatic heterocycles. The molecule has 0 radical (unpaired) electrons. The zero-order valence-electron chi connectivity index (χ0n) is 40.2. The Kier molecular flexibility index (Phi) is 18.2. The SMILES string of the molecule is C=CCO[C@@]12Oc3ccc(Oc4ccc(-c5ccccc5)cc4)cc3[C@H]3[C@H](CCCCO)[C@@H](CCCCO)C=C(C(=NOCc4ccccc4)C[C@@H]1N(CCOCCO)C(=O)CCC1CCCC1)[C@H]32. The van der Waals surface area contributed by atoms with Crippen LogP contribution in [-0.2, 0) is 25.7 Å². The highest BCUT2D eigenvalue weighted by molar-refractivity contribution is 6.03. The number of rotatable bonds is 26. The predicted octanol–water partition coefficient (Wildman–Crippen LogP) is 10.8. The molecule has 0 bridgehead atoms. The fourth-order valence-corrected chi connectivity index (χ4v) is 11.5. The van der Waals surface area contributed by atoms with Gasteiger partial charge in [-0.05, 0) is 102 Å². The summed E-state index contributed by atoms with van der Waals surface area (Å²) in [7, 11) is 0. The molecule has 1 amide bonds. The monoisotopic (exact) mass is 941 g/mol. The van der Waals surface area contributed by atoms with E-state index in [0.29, 0.717) is 48.8 Å². The van der Waals surface area contributed by atoms with Crippen molar-refractivity contribution in [2.75, 3.05) is 46.2 Å². The van der Waals surface area contributed by atoms with Crippen molar-refractivity contribution >= 4 is 11.6 Å². The van der Waals surface area contributed by atoms with Crippen molar-refractivity contribution in [3.05, 3.63) is 139 Å². The summed E-state index contributed by atoms with van der Waals surface area (Å²) in [5, 5.41) is 34.8. The molecule has 3 N–H and O–H groups in total. The summed E-state index contributed by atoms with van der Waals surface area (Å²) >= 11 is 0. The van der Waals surface area contributed by atoms with Gasteiger partial charge in [0.15, 0.2) is 0 Å². The summed E-state index contributed by atoms with van der Waals surface area (Å²) in [5.41, 5.74) is 5.92. The van der Waals surface area contributed by atoms with Crippen LogP contribution in [0.5, 0.6) is 17.2 Å². The molecule has 0 aromatic heterocycles. The molecule has 69 heavy (non-hydrogen) atoms. The summed E-state index contributed by atoms with van der Waals surface area (Å²) in [6.45, 7) is 5.25. The Morgan fingerprint density at radius 2 is 1.52 bits per heavy atom. The van der Waals surface area contributed by atoms with Crippen LogP contribution >= 0.6 is 0 Å². The van der Waals surface area contributed by atoms with Gasteiger partial charge in [0.25, 0.3) is 0 Å². The number of unbranched alkanes of at least 4 members (excludes halogenated alkanes) is 2. The zero-order chi connectivity index (χ0) is 47.8. The summed E-state index contributed by atoms with van der Waals surface area (Å²) in [6.07, 6.45) is 14.9. The Morgan fingerprint density at radius 1 is 0.812 bits per heavy atom. The van der Waals surface area contributed by atoms with Gasteiger partial charge in [-0.15, -0.1) is 6.58 Å². The van der Waals surface area contributed by atoms with E-state index in [0.717, 1.165) is 78.5 Å². The number of allylic oxidation sites excluding steroid dienone is 1. The molecule has 2 saturated carbocycles. The zero-order valence-corrected chi connectivity index (χ0v) is 40.2. The van der Waals surface area contributed by atoms with Gasteiger partial charge in [-0.25, -0.2) is 0 Å². The average Bonchev–Trinajstić information content (AvgIpc) is 3.91. The average molecular weight is 941 g/mol. The minimum Gasteiger partial charge on any atom is -0.459 e. The van der Waals surface area contributed by atoms with Crippen molar-refractivity contribution in [1.82, 2.24) is 4.90 Å². The third-order valence-corrected chi connectivity index (χ3v) is 14.7. The number of hydrogen-bond donors (Lipinski definition) is 3. The van der Waals surface area contributed by atoms with E-state index in [4.69, 9.17) is 28.9 Å². The molecule has 0 unspecified atom stereocenters. The van der Waals surface area contributed by atoms with Crippen LogP contribution in [0, 0.1) is 23.7 Å². The lowest BCUT2D eigenvalue weighted by Gasteiger charge is -2.60. The molecular formula is C58H72N2O9. The van der Waals surface area contributed by atoms with Gasteiger partial charge in [-0.3, -0.25) is 4.79 Å². The largest absolute Gasteiger partial charge is 0.459 e. The molecule has 4 aliphatic rings. The number of aliphatic hydroxyl groups excluding tert-OH is 3. The number of amides is 1. The van der Waals surface area contributed by atoms with E-state index in [1.54, 1.807) is 6.08 Å². The number of fused-ring (bicyclic) bond motifs is 2. The third-order valence-electron chi connectivity index (χ3n) is 14.7. The highest BCUT2D eigenvalue weighted by atomic mass is 16.7. The summed E-state index contributed by atoms with van der Waals surface area (Å²) < 4.78 is 27.3. The first-order chi connectivity index (χ1) is 34.0. The lowest BCUT2D eigenvalue weighted by molar-refractivity contribution is -0.258. The van der Waals surface area contributed by atoms with Gasteiger partial charge in [0.1, 0.15) is 29.9 Å². The van der Waals surface area contributed by atoms with Gasteiger partial charge in [0, 0.05) is 44.1 Å². The normalized spacial score (nSPS) is 23.4. The molecule has 1 heterocycles. The molecule has 11 heteroatoms. The summed E-state index contributed by atoms with van der Waals surface area (Å²) in [6, 6.07) is 33.8. The van der Waals surface area contributed by atoms with Crippen molar-refractivity contribution < 1.29 is 43.9 Å². The molecule has 6 atom stereocenters. The van der Waals surface area contributed by atoms with E-state index in [-0.39, 0.29) is 76.5 Å². The van der Waals surface area contributed by atoms with Crippen molar-refractivity contribution in [1.29, 1.82) is 0 Å². The van der Waals surface area contributed by atoms with Crippen LogP contribution in [0.25, 0.3) is 11.1 Å². The molecule has 0 saturated heterocycles. The second-order valence-corrected chi connectivity index (χ2v) is 19.1. The van der Waals surface area contributed by atoms with Crippen molar-refractivity contribution in [3.8, 4) is 28.4 Å². The molecule has 4 aromatic carbocycles. The van der Waals surface area contributed by atoms with E-state index in [1.165, 1.54) is 12.8 Å². The molecule has 3 aliphatic carbocycles. The van der Waals surface area contributed by atoms with Gasteiger partial charge in [0.2, 0.25) is 11.7 Å². The maximum absolute atomic E-state index is 15.1. The van der Waals surface area contributed by atoms with Gasteiger partial charge in [-0.1, -0.05) is 129 Å². The molecule has 8 rings (SSSR count). The van der Waals surface area contributed by atoms with Gasteiger partial charge >= 0.3 is 0 Å². The topological polar surface area (TPSA) is 140 Å².